The fraction of sp³-hybridized carbons (Fsp3) is 0.833. The third kappa shape index (κ3) is 5.17. The number of carbonyl (C=O) groups is 2. The molecule has 0 saturated heterocycles. The van der Waals surface area contributed by atoms with Gasteiger partial charge in [0.2, 0.25) is 5.91 Å². The van der Waals surface area contributed by atoms with Gasteiger partial charge in [0, 0.05) is 18.5 Å². The first kappa shape index (κ1) is 14.0. The van der Waals surface area contributed by atoms with Gasteiger partial charge in [-0.2, -0.15) is 0 Å². The molecule has 3 atom stereocenters. The van der Waals surface area contributed by atoms with Crippen molar-refractivity contribution in [2.24, 2.45) is 11.7 Å². The normalized spacial score (nSPS) is 25.5. The number of carboxylic acid groups (broad SMARTS) is 1. The van der Waals surface area contributed by atoms with E-state index in [1.165, 1.54) is 0 Å². The molecule has 1 rings (SSSR count). The van der Waals surface area contributed by atoms with Crippen LogP contribution >= 0.6 is 0 Å². The van der Waals surface area contributed by atoms with Crippen molar-refractivity contribution >= 4 is 11.9 Å². The van der Waals surface area contributed by atoms with Crippen molar-refractivity contribution in [1.29, 1.82) is 0 Å². The van der Waals surface area contributed by atoms with E-state index in [4.69, 9.17) is 10.8 Å². The molecule has 1 amide bonds. The number of rotatable bonds is 6. The average molecular weight is 242 g/mol. The van der Waals surface area contributed by atoms with Crippen molar-refractivity contribution in [3.63, 3.8) is 0 Å². The first-order chi connectivity index (χ1) is 7.99. The van der Waals surface area contributed by atoms with Crippen LogP contribution in [0.3, 0.4) is 0 Å². The summed E-state index contributed by atoms with van der Waals surface area (Å²) in [6, 6.07) is 0.171. The molecule has 5 heteroatoms. The summed E-state index contributed by atoms with van der Waals surface area (Å²) in [5.41, 5.74) is 5.60. The van der Waals surface area contributed by atoms with Crippen molar-refractivity contribution in [2.45, 2.75) is 57.5 Å². The molecular formula is C12H22N2O3. The minimum absolute atomic E-state index is 0.0155. The Balaban J connectivity index is 2.17. The van der Waals surface area contributed by atoms with Crippen molar-refractivity contribution in [1.82, 2.24) is 5.32 Å². The summed E-state index contributed by atoms with van der Waals surface area (Å²) < 4.78 is 0. The summed E-state index contributed by atoms with van der Waals surface area (Å²) in [6.07, 6.45) is 4.12. The monoisotopic (exact) mass is 242 g/mol. The van der Waals surface area contributed by atoms with Crippen LogP contribution in [0.25, 0.3) is 0 Å². The zero-order valence-electron chi connectivity index (χ0n) is 10.3. The van der Waals surface area contributed by atoms with Crippen LogP contribution in [0.5, 0.6) is 0 Å². The molecule has 98 valence electrons. The Morgan fingerprint density at radius 2 is 2.18 bits per heavy atom. The van der Waals surface area contributed by atoms with Crippen LogP contribution in [0.4, 0.5) is 0 Å². The summed E-state index contributed by atoms with van der Waals surface area (Å²) in [5, 5.41) is 11.7. The van der Waals surface area contributed by atoms with E-state index in [0.29, 0.717) is 19.3 Å². The molecule has 0 aromatic heterocycles. The van der Waals surface area contributed by atoms with Gasteiger partial charge >= 0.3 is 5.97 Å². The lowest BCUT2D eigenvalue weighted by Crippen LogP contribution is -2.33. The van der Waals surface area contributed by atoms with Crippen LogP contribution in [-0.2, 0) is 9.59 Å². The van der Waals surface area contributed by atoms with E-state index in [-0.39, 0.29) is 23.9 Å². The Labute approximate surface area is 102 Å². The van der Waals surface area contributed by atoms with E-state index in [2.05, 4.69) is 5.32 Å². The highest BCUT2D eigenvalue weighted by atomic mass is 16.4. The Kier molecular flexibility index (Phi) is 5.41. The predicted octanol–water partition coefficient (Wildman–Crippen LogP) is 0.873. The summed E-state index contributed by atoms with van der Waals surface area (Å²) in [6.45, 7) is 1.92. The number of hydrogen-bond donors (Lipinski definition) is 3. The molecule has 3 unspecified atom stereocenters. The molecule has 0 heterocycles. The smallest absolute Gasteiger partial charge is 0.306 e. The first-order valence-electron chi connectivity index (χ1n) is 6.26. The topological polar surface area (TPSA) is 92.4 Å². The highest BCUT2D eigenvalue weighted by Crippen LogP contribution is 2.25. The second-order valence-electron chi connectivity index (χ2n) is 4.98. The molecule has 1 aliphatic rings. The molecule has 1 fully saturated rings. The predicted molar refractivity (Wildman–Crippen MR) is 64.4 cm³/mol. The largest absolute Gasteiger partial charge is 0.481 e. The lowest BCUT2D eigenvalue weighted by molar-refractivity contribution is -0.141. The van der Waals surface area contributed by atoms with Gasteiger partial charge < -0.3 is 16.2 Å². The Hall–Kier alpha value is -1.10. The maximum atomic E-state index is 11.6. The Bertz CT molecular complexity index is 279. The number of hydrogen-bond acceptors (Lipinski definition) is 3. The molecule has 1 aliphatic carbocycles. The van der Waals surface area contributed by atoms with Crippen molar-refractivity contribution < 1.29 is 14.7 Å². The minimum Gasteiger partial charge on any atom is -0.481 e. The van der Waals surface area contributed by atoms with Crippen LogP contribution < -0.4 is 11.1 Å². The number of amides is 1. The van der Waals surface area contributed by atoms with Crippen LogP contribution in [0.15, 0.2) is 0 Å². The van der Waals surface area contributed by atoms with Gasteiger partial charge in [-0.25, -0.2) is 0 Å². The molecule has 5 nitrogen and oxygen atoms in total. The number of aliphatic carboxylic acids is 1. The molecule has 0 aromatic rings. The van der Waals surface area contributed by atoms with Gasteiger partial charge in [-0.05, 0) is 39.0 Å². The molecule has 0 aliphatic heterocycles. The van der Waals surface area contributed by atoms with Crippen LogP contribution in [-0.4, -0.2) is 29.1 Å². The fourth-order valence-corrected chi connectivity index (χ4v) is 2.22. The molecule has 0 aromatic carbocycles. The van der Waals surface area contributed by atoms with E-state index in [0.717, 1.165) is 19.3 Å². The molecular weight excluding hydrogens is 220 g/mol. The zero-order chi connectivity index (χ0) is 12.8. The van der Waals surface area contributed by atoms with Crippen molar-refractivity contribution in [3.05, 3.63) is 0 Å². The minimum atomic E-state index is -0.751. The second kappa shape index (κ2) is 6.59. The average Bonchev–Trinajstić information content (AvgIpc) is 2.65. The standard InChI is InChI=1S/C12H22N2O3/c1-8(13)3-2-4-11(15)14-10-6-5-9(7-10)12(16)17/h8-10H,2-7,13H2,1H3,(H,14,15)(H,16,17). The lowest BCUT2D eigenvalue weighted by atomic mass is 10.1. The van der Waals surface area contributed by atoms with E-state index in [1.807, 2.05) is 6.92 Å². The lowest BCUT2D eigenvalue weighted by Gasteiger charge is -2.12. The fourth-order valence-electron chi connectivity index (χ4n) is 2.22. The second-order valence-corrected chi connectivity index (χ2v) is 4.98. The van der Waals surface area contributed by atoms with E-state index in [9.17, 15) is 9.59 Å². The van der Waals surface area contributed by atoms with E-state index >= 15 is 0 Å². The van der Waals surface area contributed by atoms with Crippen LogP contribution in [0.1, 0.15) is 45.4 Å². The Morgan fingerprint density at radius 3 is 2.71 bits per heavy atom. The highest BCUT2D eigenvalue weighted by molar-refractivity contribution is 5.76. The summed E-state index contributed by atoms with van der Waals surface area (Å²) in [5.74, 6) is -1.02. The summed E-state index contributed by atoms with van der Waals surface area (Å²) in [4.78, 5) is 22.3. The van der Waals surface area contributed by atoms with Gasteiger partial charge in [0.05, 0.1) is 5.92 Å². The maximum Gasteiger partial charge on any atom is 0.306 e. The number of carboxylic acids is 1. The molecule has 4 N–H and O–H groups in total. The number of nitrogens with two attached hydrogens (primary N) is 1. The highest BCUT2D eigenvalue weighted by Gasteiger charge is 2.30. The van der Waals surface area contributed by atoms with Crippen molar-refractivity contribution in [2.75, 3.05) is 0 Å². The molecule has 17 heavy (non-hydrogen) atoms. The SMILES string of the molecule is CC(N)CCCC(=O)NC1CCC(C(=O)O)C1. The quantitative estimate of drug-likeness (QED) is 0.644. The summed E-state index contributed by atoms with van der Waals surface area (Å²) in [7, 11) is 0. The maximum absolute atomic E-state index is 11.6. The molecule has 0 radical (unpaired) electrons. The van der Waals surface area contributed by atoms with Gasteiger partial charge in [-0.3, -0.25) is 9.59 Å². The van der Waals surface area contributed by atoms with Gasteiger partial charge in [-0.1, -0.05) is 0 Å². The molecule has 1 saturated carbocycles. The third-order valence-corrected chi connectivity index (χ3v) is 3.21. The zero-order valence-corrected chi connectivity index (χ0v) is 10.3. The summed E-state index contributed by atoms with van der Waals surface area (Å²) >= 11 is 0. The molecule has 0 bridgehead atoms. The number of carbonyl (C=O) groups excluding carboxylic acids is 1. The van der Waals surface area contributed by atoms with Crippen molar-refractivity contribution in [3.8, 4) is 0 Å². The van der Waals surface area contributed by atoms with Gasteiger partial charge in [0.25, 0.3) is 0 Å². The third-order valence-electron chi connectivity index (χ3n) is 3.21. The molecule has 0 spiro atoms. The van der Waals surface area contributed by atoms with E-state index in [1.54, 1.807) is 0 Å². The Morgan fingerprint density at radius 1 is 1.47 bits per heavy atom. The van der Waals surface area contributed by atoms with Gasteiger partial charge in [-0.15, -0.1) is 0 Å². The van der Waals surface area contributed by atoms with Crippen LogP contribution in [0.2, 0.25) is 0 Å². The van der Waals surface area contributed by atoms with Gasteiger partial charge in [0.1, 0.15) is 0 Å². The first-order valence-corrected chi connectivity index (χ1v) is 6.26. The van der Waals surface area contributed by atoms with E-state index < -0.39 is 5.97 Å². The number of nitrogens with one attached hydrogen (secondary N) is 1. The van der Waals surface area contributed by atoms with Crippen LogP contribution in [0, 0.1) is 5.92 Å². The van der Waals surface area contributed by atoms with Gasteiger partial charge in [0.15, 0.2) is 0 Å².